The number of aryl methyl sites for hydroxylation is 1. The van der Waals surface area contributed by atoms with Gasteiger partial charge in [0.25, 0.3) is 0 Å². The fourth-order valence-corrected chi connectivity index (χ4v) is 2.01. The number of hydrogen-bond acceptors (Lipinski definition) is 3. The van der Waals surface area contributed by atoms with E-state index in [4.69, 9.17) is 4.42 Å². The third kappa shape index (κ3) is 2.33. The van der Waals surface area contributed by atoms with Crippen LogP contribution >= 0.6 is 0 Å². The van der Waals surface area contributed by atoms with E-state index < -0.39 is 12.2 Å². The van der Waals surface area contributed by atoms with E-state index >= 15 is 0 Å². The first-order chi connectivity index (χ1) is 8.29. The predicted octanol–water partition coefficient (Wildman–Crippen LogP) is 3.30. The number of aromatic nitrogens is 1. The molecule has 1 atom stereocenters. The number of oxazole rings is 1. The minimum absolute atomic E-state index is 0.160. The van der Waals surface area contributed by atoms with Crippen LogP contribution in [-0.2, 0) is 0 Å². The Morgan fingerprint density at radius 1 is 1.28 bits per heavy atom. The molecule has 0 aliphatic heterocycles. The highest BCUT2D eigenvalue weighted by molar-refractivity contribution is 5.73. The number of halogens is 3. The number of fused-ring (bicyclic) bond motifs is 1. The van der Waals surface area contributed by atoms with E-state index in [0.29, 0.717) is 17.0 Å². The van der Waals surface area contributed by atoms with Gasteiger partial charge in [-0.25, -0.2) is 4.98 Å². The van der Waals surface area contributed by atoms with Crippen LogP contribution in [-0.4, -0.2) is 30.2 Å². The second kappa shape index (κ2) is 4.28. The molecule has 0 saturated heterocycles. The van der Waals surface area contributed by atoms with Gasteiger partial charge in [-0.05, 0) is 31.8 Å². The smallest absolute Gasteiger partial charge is 0.408 e. The molecule has 1 unspecified atom stereocenters. The van der Waals surface area contributed by atoms with Crippen molar-refractivity contribution in [1.82, 2.24) is 9.88 Å². The van der Waals surface area contributed by atoms with Crippen LogP contribution in [0, 0.1) is 6.92 Å². The molecule has 0 amide bonds. The lowest BCUT2D eigenvalue weighted by atomic mass is 10.1. The van der Waals surface area contributed by atoms with E-state index in [1.165, 1.54) is 32.3 Å². The van der Waals surface area contributed by atoms with Gasteiger partial charge in [0.15, 0.2) is 11.5 Å². The maximum Gasteiger partial charge on any atom is 0.408 e. The van der Waals surface area contributed by atoms with E-state index in [0.717, 1.165) is 4.90 Å². The van der Waals surface area contributed by atoms with E-state index in [2.05, 4.69) is 4.98 Å². The van der Waals surface area contributed by atoms with Crippen molar-refractivity contribution in [1.29, 1.82) is 0 Å². The fraction of sp³-hybridized carbons (Fsp3) is 0.417. The van der Waals surface area contributed by atoms with Crippen LogP contribution in [0.25, 0.3) is 11.1 Å². The van der Waals surface area contributed by atoms with Gasteiger partial charge >= 0.3 is 6.18 Å². The average molecular weight is 258 g/mol. The van der Waals surface area contributed by atoms with Gasteiger partial charge in [0.1, 0.15) is 11.6 Å². The van der Waals surface area contributed by atoms with Crippen LogP contribution in [0.15, 0.2) is 22.6 Å². The Labute approximate surface area is 102 Å². The van der Waals surface area contributed by atoms with Gasteiger partial charge in [-0.2, -0.15) is 13.2 Å². The highest BCUT2D eigenvalue weighted by atomic mass is 19.4. The summed E-state index contributed by atoms with van der Waals surface area (Å²) >= 11 is 0. The summed E-state index contributed by atoms with van der Waals surface area (Å²) in [6.07, 6.45) is -4.32. The molecule has 2 rings (SSSR count). The van der Waals surface area contributed by atoms with Crippen molar-refractivity contribution in [2.45, 2.75) is 19.1 Å². The van der Waals surface area contributed by atoms with Crippen molar-refractivity contribution in [3.63, 3.8) is 0 Å². The van der Waals surface area contributed by atoms with Crippen LogP contribution in [0.5, 0.6) is 0 Å². The van der Waals surface area contributed by atoms with Gasteiger partial charge in [-0.3, -0.25) is 4.90 Å². The Kier molecular flexibility index (Phi) is 3.06. The summed E-state index contributed by atoms with van der Waals surface area (Å²) in [5.41, 5.74) is 1.10. The van der Waals surface area contributed by atoms with Crippen LogP contribution in [0.2, 0.25) is 0 Å². The minimum atomic E-state index is -4.32. The van der Waals surface area contributed by atoms with Gasteiger partial charge in [0.2, 0.25) is 0 Å². The summed E-state index contributed by atoms with van der Waals surface area (Å²) < 4.78 is 44.2. The maximum absolute atomic E-state index is 13.0. The summed E-state index contributed by atoms with van der Waals surface area (Å²) in [5, 5.41) is 0. The molecule has 3 nitrogen and oxygen atoms in total. The minimum Gasteiger partial charge on any atom is -0.441 e. The second-order valence-electron chi connectivity index (χ2n) is 4.37. The lowest BCUT2D eigenvalue weighted by Crippen LogP contribution is -2.33. The molecule has 98 valence electrons. The zero-order chi connectivity index (χ0) is 13.5. The van der Waals surface area contributed by atoms with Crippen LogP contribution in [0.4, 0.5) is 13.2 Å². The van der Waals surface area contributed by atoms with Crippen LogP contribution < -0.4 is 0 Å². The van der Waals surface area contributed by atoms with Crippen LogP contribution in [0.1, 0.15) is 17.5 Å². The van der Waals surface area contributed by atoms with Crippen LogP contribution in [0.3, 0.4) is 0 Å². The molecular weight excluding hydrogens is 245 g/mol. The van der Waals surface area contributed by atoms with Gasteiger partial charge in [-0.1, -0.05) is 6.07 Å². The zero-order valence-electron chi connectivity index (χ0n) is 10.2. The quantitative estimate of drug-likeness (QED) is 0.827. The maximum atomic E-state index is 13.0. The third-order valence-electron chi connectivity index (χ3n) is 2.66. The predicted molar refractivity (Wildman–Crippen MR) is 61.2 cm³/mol. The first-order valence-electron chi connectivity index (χ1n) is 5.39. The number of rotatable bonds is 2. The Balaban J connectivity index is 2.51. The molecule has 0 bridgehead atoms. The third-order valence-corrected chi connectivity index (χ3v) is 2.66. The highest BCUT2D eigenvalue weighted by Crippen LogP contribution is 2.37. The standard InChI is InChI=1S/C12H13F3N2O/c1-7-16-9-6-8(4-5-10(9)18-7)11(17(2)3)12(13,14)15/h4-6,11H,1-3H3. The molecule has 0 saturated carbocycles. The normalized spacial score (nSPS) is 14.4. The Morgan fingerprint density at radius 3 is 2.50 bits per heavy atom. The van der Waals surface area contributed by atoms with Gasteiger partial charge in [0.05, 0.1) is 0 Å². The summed E-state index contributed by atoms with van der Waals surface area (Å²) in [7, 11) is 2.80. The molecule has 0 spiro atoms. The molecule has 1 aromatic carbocycles. The second-order valence-corrected chi connectivity index (χ2v) is 4.37. The van der Waals surface area contributed by atoms with E-state index in [1.54, 1.807) is 6.92 Å². The molecular formula is C12H13F3N2O. The Morgan fingerprint density at radius 2 is 1.94 bits per heavy atom. The summed E-state index contributed by atoms with van der Waals surface area (Å²) in [6, 6.07) is 2.72. The molecule has 0 fully saturated rings. The molecule has 18 heavy (non-hydrogen) atoms. The monoisotopic (exact) mass is 258 g/mol. The molecule has 0 aliphatic carbocycles. The summed E-state index contributed by atoms with van der Waals surface area (Å²) in [5.74, 6) is 0.440. The lowest BCUT2D eigenvalue weighted by molar-refractivity contribution is -0.179. The van der Waals surface area contributed by atoms with Crippen molar-refractivity contribution in [2.75, 3.05) is 14.1 Å². The number of hydrogen-bond donors (Lipinski definition) is 0. The topological polar surface area (TPSA) is 29.3 Å². The molecule has 0 N–H and O–H groups in total. The SMILES string of the molecule is Cc1nc2cc(C(N(C)C)C(F)(F)F)ccc2o1. The molecule has 2 aromatic rings. The largest absolute Gasteiger partial charge is 0.441 e. The van der Waals surface area contributed by atoms with Crippen molar-refractivity contribution in [2.24, 2.45) is 0 Å². The van der Waals surface area contributed by atoms with E-state index in [-0.39, 0.29) is 5.56 Å². The van der Waals surface area contributed by atoms with E-state index in [1.807, 2.05) is 0 Å². The number of alkyl halides is 3. The first kappa shape index (κ1) is 12.9. The summed E-state index contributed by atoms with van der Waals surface area (Å²) in [6.45, 7) is 1.66. The van der Waals surface area contributed by atoms with Crippen molar-refractivity contribution in [3.8, 4) is 0 Å². The molecule has 1 aromatic heterocycles. The molecule has 0 aliphatic rings. The highest BCUT2D eigenvalue weighted by Gasteiger charge is 2.42. The summed E-state index contributed by atoms with van der Waals surface area (Å²) in [4.78, 5) is 5.18. The zero-order valence-corrected chi connectivity index (χ0v) is 10.2. The van der Waals surface area contributed by atoms with Gasteiger partial charge in [-0.15, -0.1) is 0 Å². The fourth-order valence-electron chi connectivity index (χ4n) is 2.01. The Bertz CT molecular complexity index is 560. The average Bonchev–Trinajstić information content (AvgIpc) is 2.54. The van der Waals surface area contributed by atoms with Crippen molar-refractivity contribution < 1.29 is 17.6 Å². The van der Waals surface area contributed by atoms with E-state index in [9.17, 15) is 13.2 Å². The van der Waals surface area contributed by atoms with Crippen molar-refractivity contribution in [3.05, 3.63) is 29.7 Å². The first-order valence-corrected chi connectivity index (χ1v) is 5.39. The number of nitrogens with zero attached hydrogens (tertiary/aromatic N) is 2. The molecule has 1 heterocycles. The molecule has 6 heteroatoms. The lowest BCUT2D eigenvalue weighted by Gasteiger charge is -2.26. The van der Waals surface area contributed by atoms with Gasteiger partial charge < -0.3 is 4.42 Å². The number of benzene rings is 1. The molecule has 0 radical (unpaired) electrons. The Hall–Kier alpha value is -1.56. The van der Waals surface area contributed by atoms with Crippen molar-refractivity contribution >= 4 is 11.1 Å². The van der Waals surface area contributed by atoms with Gasteiger partial charge in [0, 0.05) is 6.92 Å².